The molecular formula is C8H14O. The molecule has 0 bridgehead atoms. The van der Waals surface area contributed by atoms with Crippen LogP contribution in [0.4, 0.5) is 0 Å². The highest BCUT2D eigenvalue weighted by molar-refractivity contribution is 5.78. The molecule has 0 saturated carbocycles. The average Bonchev–Trinajstić information content (AvgIpc) is 1.82. The van der Waals surface area contributed by atoms with E-state index in [0.717, 1.165) is 12.8 Å². The van der Waals surface area contributed by atoms with E-state index in [4.69, 9.17) is 0 Å². The van der Waals surface area contributed by atoms with Crippen LogP contribution in [-0.4, -0.2) is 5.78 Å². The molecule has 0 heterocycles. The molecule has 9 heavy (non-hydrogen) atoms. The summed E-state index contributed by atoms with van der Waals surface area (Å²) in [4.78, 5) is 10.7. The van der Waals surface area contributed by atoms with Crippen LogP contribution in [0.5, 0.6) is 0 Å². The number of carbonyl (C=O) groups excluding carboxylic acids is 1. The highest BCUT2D eigenvalue weighted by atomic mass is 16.1. The Balaban J connectivity index is 3.67. The maximum Gasteiger partial charge on any atom is 0.133 e. The summed E-state index contributed by atoms with van der Waals surface area (Å²) in [5.41, 5.74) is 0. The Kier molecular flexibility index (Phi) is 4.02. The van der Waals surface area contributed by atoms with E-state index in [1.807, 2.05) is 6.92 Å². The average molecular weight is 126 g/mol. The molecular weight excluding hydrogens is 112 g/mol. The van der Waals surface area contributed by atoms with Crippen molar-refractivity contribution in [1.82, 2.24) is 0 Å². The second kappa shape index (κ2) is 4.30. The number of hydrogen-bond donors (Lipinski definition) is 0. The van der Waals surface area contributed by atoms with Crippen LogP contribution in [-0.2, 0) is 4.79 Å². The van der Waals surface area contributed by atoms with Gasteiger partial charge in [-0.1, -0.05) is 13.0 Å². The molecule has 0 aliphatic heterocycles. The first-order valence-electron chi connectivity index (χ1n) is 3.33. The number of rotatable bonds is 4. The summed E-state index contributed by atoms with van der Waals surface area (Å²) < 4.78 is 0. The van der Waals surface area contributed by atoms with Gasteiger partial charge in [0.2, 0.25) is 0 Å². The molecule has 1 nitrogen and oxygen atoms in total. The quantitative estimate of drug-likeness (QED) is 0.528. The summed E-state index contributed by atoms with van der Waals surface area (Å²) in [6, 6.07) is 0. The van der Waals surface area contributed by atoms with Crippen LogP contribution in [0.2, 0.25) is 0 Å². The molecule has 0 aromatic carbocycles. The van der Waals surface area contributed by atoms with Crippen molar-refractivity contribution < 1.29 is 4.79 Å². The molecule has 0 saturated heterocycles. The van der Waals surface area contributed by atoms with Gasteiger partial charge >= 0.3 is 0 Å². The van der Waals surface area contributed by atoms with Crippen LogP contribution in [0.15, 0.2) is 12.7 Å². The minimum Gasteiger partial charge on any atom is -0.300 e. The number of hydrogen-bond acceptors (Lipinski definition) is 1. The van der Waals surface area contributed by atoms with Gasteiger partial charge in [0, 0.05) is 5.92 Å². The van der Waals surface area contributed by atoms with Crippen LogP contribution >= 0.6 is 0 Å². The van der Waals surface area contributed by atoms with Crippen molar-refractivity contribution in [1.29, 1.82) is 0 Å². The largest absolute Gasteiger partial charge is 0.300 e. The van der Waals surface area contributed by atoms with Crippen molar-refractivity contribution in [3.8, 4) is 0 Å². The molecule has 0 radical (unpaired) electrons. The maximum absolute atomic E-state index is 10.7. The third-order valence-electron chi connectivity index (χ3n) is 1.52. The summed E-state index contributed by atoms with van der Waals surface area (Å²) >= 11 is 0. The SMILES string of the molecule is C=CCC(CC)C(C)=O. The molecule has 0 aromatic heterocycles. The monoisotopic (exact) mass is 126 g/mol. The fourth-order valence-corrected chi connectivity index (χ4v) is 0.821. The third-order valence-corrected chi connectivity index (χ3v) is 1.52. The van der Waals surface area contributed by atoms with Gasteiger partial charge in [0.1, 0.15) is 5.78 Å². The lowest BCUT2D eigenvalue weighted by Crippen LogP contribution is -2.07. The van der Waals surface area contributed by atoms with Gasteiger partial charge in [-0.2, -0.15) is 0 Å². The van der Waals surface area contributed by atoms with Crippen LogP contribution < -0.4 is 0 Å². The Morgan fingerprint density at radius 1 is 1.78 bits per heavy atom. The number of allylic oxidation sites excluding steroid dienone is 1. The summed E-state index contributed by atoms with van der Waals surface area (Å²) in [7, 11) is 0. The van der Waals surface area contributed by atoms with Crippen LogP contribution in [0, 0.1) is 5.92 Å². The van der Waals surface area contributed by atoms with E-state index in [1.54, 1.807) is 13.0 Å². The van der Waals surface area contributed by atoms with E-state index >= 15 is 0 Å². The standard InChI is InChI=1S/C8H14O/c1-4-6-8(5-2)7(3)9/h4,8H,1,5-6H2,2-3H3. The summed E-state index contributed by atoms with van der Waals surface area (Å²) in [6.45, 7) is 7.24. The second-order valence-electron chi connectivity index (χ2n) is 2.24. The first-order chi connectivity index (χ1) is 4.22. The van der Waals surface area contributed by atoms with Crippen molar-refractivity contribution >= 4 is 5.78 Å². The Morgan fingerprint density at radius 2 is 2.33 bits per heavy atom. The fraction of sp³-hybridized carbons (Fsp3) is 0.625. The van der Waals surface area contributed by atoms with Crippen molar-refractivity contribution in [3.63, 3.8) is 0 Å². The van der Waals surface area contributed by atoms with Gasteiger partial charge < -0.3 is 0 Å². The number of Topliss-reactive ketones (excluding diaryl/α,β-unsaturated/α-hetero) is 1. The molecule has 0 N–H and O–H groups in total. The normalized spacial score (nSPS) is 12.7. The zero-order chi connectivity index (χ0) is 7.28. The van der Waals surface area contributed by atoms with Gasteiger partial charge in [-0.15, -0.1) is 6.58 Å². The van der Waals surface area contributed by atoms with Crippen LogP contribution in [0.25, 0.3) is 0 Å². The van der Waals surface area contributed by atoms with E-state index < -0.39 is 0 Å². The predicted octanol–water partition coefficient (Wildman–Crippen LogP) is 2.18. The van der Waals surface area contributed by atoms with E-state index in [9.17, 15) is 4.79 Å². The van der Waals surface area contributed by atoms with Gasteiger partial charge in [-0.3, -0.25) is 4.79 Å². The first kappa shape index (κ1) is 8.41. The van der Waals surface area contributed by atoms with Gasteiger partial charge in [0.05, 0.1) is 0 Å². The lowest BCUT2D eigenvalue weighted by molar-refractivity contribution is -0.120. The Labute approximate surface area is 56.8 Å². The van der Waals surface area contributed by atoms with E-state index in [-0.39, 0.29) is 11.7 Å². The molecule has 0 rings (SSSR count). The highest BCUT2D eigenvalue weighted by Gasteiger charge is 2.07. The van der Waals surface area contributed by atoms with Crippen molar-refractivity contribution in [3.05, 3.63) is 12.7 Å². The lowest BCUT2D eigenvalue weighted by atomic mass is 9.99. The van der Waals surface area contributed by atoms with Crippen LogP contribution in [0.3, 0.4) is 0 Å². The zero-order valence-corrected chi connectivity index (χ0v) is 6.18. The summed E-state index contributed by atoms with van der Waals surface area (Å²) in [5, 5.41) is 0. The Hall–Kier alpha value is -0.590. The smallest absolute Gasteiger partial charge is 0.133 e. The third kappa shape index (κ3) is 3.07. The molecule has 0 spiro atoms. The molecule has 0 fully saturated rings. The Morgan fingerprint density at radius 3 is 2.44 bits per heavy atom. The fourth-order valence-electron chi connectivity index (χ4n) is 0.821. The molecule has 0 aliphatic rings. The van der Waals surface area contributed by atoms with Gasteiger partial charge in [-0.05, 0) is 19.8 Å². The second-order valence-corrected chi connectivity index (χ2v) is 2.24. The molecule has 1 heteroatoms. The molecule has 1 atom stereocenters. The minimum atomic E-state index is 0.211. The summed E-state index contributed by atoms with van der Waals surface area (Å²) in [5.74, 6) is 0.486. The first-order valence-corrected chi connectivity index (χ1v) is 3.33. The molecule has 1 unspecified atom stereocenters. The maximum atomic E-state index is 10.7. The lowest BCUT2D eigenvalue weighted by Gasteiger charge is -2.05. The minimum absolute atomic E-state index is 0.211. The molecule has 0 amide bonds. The van der Waals surface area contributed by atoms with Crippen molar-refractivity contribution in [2.75, 3.05) is 0 Å². The van der Waals surface area contributed by atoms with Gasteiger partial charge in [0.15, 0.2) is 0 Å². The highest BCUT2D eigenvalue weighted by Crippen LogP contribution is 2.08. The van der Waals surface area contributed by atoms with E-state index in [0.29, 0.717) is 0 Å². The predicted molar refractivity (Wildman–Crippen MR) is 39.3 cm³/mol. The summed E-state index contributed by atoms with van der Waals surface area (Å²) in [6.07, 6.45) is 3.56. The molecule has 0 aromatic rings. The topological polar surface area (TPSA) is 17.1 Å². The van der Waals surface area contributed by atoms with Crippen LogP contribution in [0.1, 0.15) is 26.7 Å². The van der Waals surface area contributed by atoms with Gasteiger partial charge in [-0.25, -0.2) is 0 Å². The number of ketones is 1. The number of carbonyl (C=O) groups is 1. The zero-order valence-electron chi connectivity index (χ0n) is 6.18. The van der Waals surface area contributed by atoms with E-state index in [1.165, 1.54) is 0 Å². The van der Waals surface area contributed by atoms with Crippen molar-refractivity contribution in [2.24, 2.45) is 5.92 Å². The van der Waals surface area contributed by atoms with E-state index in [2.05, 4.69) is 6.58 Å². The van der Waals surface area contributed by atoms with Crippen molar-refractivity contribution in [2.45, 2.75) is 26.7 Å². The molecule has 52 valence electrons. The Bertz CT molecular complexity index is 105. The molecule has 0 aliphatic carbocycles. The van der Waals surface area contributed by atoms with Gasteiger partial charge in [0.25, 0.3) is 0 Å².